The van der Waals surface area contributed by atoms with Gasteiger partial charge in [0.15, 0.2) is 13.2 Å². The van der Waals surface area contributed by atoms with Crippen LogP contribution in [0.4, 0.5) is 22.7 Å². The molecule has 0 atom stereocenters. The standard InChI is InChI=1S/C23H18N4O10/c28-21(12-36-19-5-1-17(2-6-19)26(32)33)24-15-9-14(23(30)31)10-16(11-15)25-22(29)13-37-20-7-3-18(4-8-20)27(34)35/h1-11H,12-13H2,(H,24,28)(H,25,29)(H,30,31). The summed E-state index contributed by atoms with van der Waals surface area (Å²) in [5, 5.41) is 35.6. The van der Waals surface area contributed by atoms with E-state index in [4.69, 9.17) is 9.47 Å². The van der Waals surface area contributed by atoms with Crippen molar-refractivity contribution >= 4 is 40.5 Å². The van der Waals surface area contributed by atoms with E-state index in [9.17, 15) is 39.7 Å². The minimum atomic E-state index is -1.31. The van der Waals surface area contributed by atoms with E-state index in [-0.39, 0.29) is 39.8 Å². The molecule has 0 unspecified atom stereocenters. The third-order valence-corrected chi connectivity index (χ3v) is 4.58. The zero-order chi connectivity index (χ0) is 26.9. The fraction of sp³-hybridized carbons (Fsp3) is 0.0870. The number of ether oxygens (including phenoxy) is 2. The van der Waals surface area contributed by atoms with Gasteiger partial charge in [0.25, 0.3) is 23.2 Å². The molecule has 0 bridgehead atoms. The molecule has 14 heteroatoms. The van der Waals surface area contributed by atoms with Gasteiger partial charge < -0.3 is 25.2 Å². The number of carbonyl (C=O) groups excluding carboxylic acids is 2. The van der Waals surface area contributed by atoms with Crippen molar-refractivity contribution in [2.75, 3.05) is 23.8 Å². The largest absolute Gasteiger partial charge is 0.484 e. The fourth-order valence-corrected chi connectivity index (χ4v) is 2.92. The number of nitrogens with one attached hydrogen (secondary N) is 2. The van der Waals surface area contributed by atoms with Crippen LogP contribution in [0.15, 0.2) is 66.7 Å². The van der Waals surface area contributed by atoms with Crippen molar-refractivity contribution in [3.05, 3.63) is 92.5 Å². The molecule has 0 fully saturated rings. The van der Waals surface area contributed by atoms with Crippen molar-refractivity contribution in [3.8, 4) is 11.5 Å². The number of carbonyl (C=O) groups is 3. The molecule has 0 aliphatic carbocycles. The summed E-state index contributed by atoms with van der Waals surface area (Å²) in [6.07, 6.45) is 0. The Kier molecular flexibility index (Phi) is 8.28. The van der Waals surface area contributed by atoms with E-state index in [0.717, 1.165) is 0 Å². The number of benzene rings is 3. The van der Waals surface area contributed by atoms with Crippen LogP contribution in [0, 0.1) is 20.2 Å². The lowest BCUT2D eigenvalue weighted by atomic mass is 10.1. The normalized spacial score (nSPS) is 10.2. The summed E-state index contributed by atoms with van der Waals surface area (Å²) >= 11 is 0. The Morgan fingerprint density at radius 1 is 0.703 bits per heavy atom. The molecule has 3 aromatic carbocycles. The van der Waals surface area contributed by atoms with Crippen molar-refractivity contribution in [1.82, 2.24) is 0 Å². The number of hydrogen-bond donors (Lipinski definition) is 3. The smallest absolute Gasteiger partial charge is 0.335 e. The molecule has 3 N–H and O–H groups in total. The summed E-state index contributed by atoms with van der Waals surface area (Å²) in [7, 11) is 0. The first-order valence-corrected chi connectivity index (χ1v) is 10.3. The number of rotatable bonds is 11. The molecule has 0 saturated carbocycles. The average Bonchev–Trinajstić information content (AvgIpc) is 2.86. The number of carboxylic acids is 1. The highest BCUT2D eigenvalue weighted by Crippen LogP contribution is 2.21. The lowest BCUT2D eigenvalue weighted by molar-refractivity contribution is -0.385. The fourth-order valence-electron chi connectivity index (χ4n) is 2.92. The number of nitrogens with zero attached hydrogens (tertiary/aromatic N) is 2. The molecule has 14 nitrogen and oxygen atoms in total. The summed E-state index contributed by atoms with van der Waals surface area (Å²) in [6.45, 7) is -0.945. The van der Waals surface area contributed by atoms with Crippen molar-refractivity contribution in [3.63, 3.8) is 0 Å². The Morgan fingerprint density at radius 2 is 1.08 bits per heavy atom. The number of nitro benzene ring substituents is 2. The maximum absolute atomic E-state index is 12.3. The van der Waals surface area contributed by atoms with E-state index in [1.54, 1.807) is 0 Å². The van der Waals surface area contributed by atoms with Crippen LogP contribution in [-0.4, -0.2) is 46.0 Å². The van der Waals surface area contributed by atoms with Gasteiger partial charge in [-0.15, -0.1) is 0 Å². The van der Waals surface area contributed by atoms with Gasteiger partial charge in [0.05, 0.1) is 15.4 Å². The Labute approximate surface area is 207 Å². The summed E-state index contributed by atoms with van der Waals surface area (Å²) in [6, 6.07) is 13.8. The minimum Gasteiger partial charge on any atom is -0.484 e. The molecular weight excluding hydrogens is 492 g/mol. The second kappa shape index (κ2) is 11.7. The lowest BCUT2D eigenvalue weighted by Crippen LogP contribution is -2.22. The highest BCUT2D eigenvalue weighted by molar-refractivity contribution is 5.98. The van der Waals surface area contributed by atoms with Crippen molar-refractivity contribution in [2.45, 2.75) is 0 Å². The Morgan fingerprint density at radius 3 is 1.41 bits per heavy atom. The van der Waals surface area contributed by atoms with E-state index < -0.39 is 40.8 Å². The van der Waals surface area contributed by atoms with Gasteiger partial charge >= 0.3 is 5.97 Å². The van der Waals surface area contributed by atoms with Gasteiger partial charge in [-0.25, -0.2) is 4.79 Å². The van der Waals surface area contributed by atoms with E-state index >= 15 is 0 Å². The van der Waals surface area contributed by atoms with E-state index in [1.807, 2.05) is 0 Å². The molecule has 190 valence electrons. The van der Waals surface area contributed by atoms with Gasteiger partial charge in [0.1, 0.15) is 11.5 Å². The van der Waals surface area contributed by atoms with Crippen molar-refractivity contribution in [1.29, 1.82) is 0 Å². The molecule has 0 radical (unpaired) electrons. The Balaban J connectivity index is 1.59. The first-order chi connectivity index (χ1) is 17.6. The van der Waals surface area contributed by atoms with Gasteiger partial charge in [-0.2, -0.15) is 0 Å². The summed E-state index contributed by atoms with van der Waals surface area (Å²) in [4.78, 5) is 56.2. The van der Waals surface area contributed by atoms with Crippen molar-refractivity contribution < 1.29 is 38.8 Å². The van der Waals surface area contributed by atoms with Gasteiger partial charge in [-0.1, -0.05) is 0 Å². The molecule has 3 aromatic rings. The van der Waals surface area contributed by atoms with Crippen LogP contribution in [0.1, 0.15) is 10.4 Å². The summed E-state index contributed by atoms with van der Waals surface area (Å²) < 4.78 is 10.5. The van der Waals surface area contributed by atoms with E-state index in [1.165, 1.54) is 66.7 Å². The first-order valence-electron chi connectivity index (χ1n) is 10.3. The molecule has 0 saturated heterocycles. The second-order valence-electron chi connectivity index (χ2n) is 7.28. The highest BCUT2D eigenvalue weighted by Gasteiger charge is 2.13. The number of amides is 2. The maximum atomic E-state index is 12.3. The molecule has 0 aliphatic rings. The maximum Gasteiger partial charge on any atom is 0.335 e. The molecule has 0 heterocycles. The molecule has 3 rings (SSSR count). The van der Waals surface area contributed by atoms with E-state index in [0.29, 0.717) is 0 Å². The third-order valence-electron chi connectivity index (χ3n) is 4.58. The minimum absolute atomic E-state index is 0.0591. The molecule has 37 heavy (non-hydrogen) atoms. The van der Waals surface area contributed by atoms with Crippen LogP contribution >= 0.6 is 0 Å². The molecule has 0 aromatic heterocycles. The number of anilines is 2. The zero-order valence-corrected chi connectivity index (χ0v) is 18.8. The quantitative estimate of drug-likeness (QED) is 0.254. The van der Waals surface area contributed by atoms with Crippen LogP contribution in [0.25, 0.3) is 0 Å². The molecule has 0 spiro atoms. The monoisotopic (exact) mass is 510 g/mol. The Bertz CT molecular complexity index is 1250. The predicted octanol–water partition coefficient (Wildman–Crippen LogP) is 3.24. The van der Waals surface area contributed by atoms with Crippen LogP contribution in [0.2, 0.25) is 0 Å². The van der Waals surface area contributed by atoms with Gasteiger partial charge in [-0.3, -0.25) is 29.8 Å². The third kappa shape index (κ3) is 7.74. The zero-order valence-electron chi connectivity index (χ0n) is 18.8. The van der Waals surface area contributed by atoms with Crippen LogP contribution in [-0.2, 0) is 9.59 Å². The van der Waals surface area contributed by atoms with Crippen LogP contribution < -0.4 is 20.1 Å². The Hall–Kier alpha value is -5.53. The molecule has 2 amide bonds. The number of nitro groups is 2. The number of non-ortho nitro benzene ring substituents is 2. The van der Waals surface area contributed by atoms with Gasteiger partial charge in [0, 0.05) is 35.6 Å². The van der Waals surface area contributed by atoms with Gasteiger partial charge in [0.2, 0.25) is 0 Å². The molecular formula is C23H18N4O10. The number of hydrogen-bond acceptors (Lipinski definition) is 9. The second-order valence-corrected chi connectivity index (χ2v) is 7.28. The average molecular weight is 510 g/mol. The SMILES string of the molecule is O=C(COc1ccc([N+](=O)[O-])cc1)Nc1cc(NC(=O)COc2ccc([N+](=O)[O-])cc2)cc(C(=O)O)c1. The van der Waals surface area contributed by atoms with Crippen LogP contribution in [0.5, 0.6) is 11.5 Å². The summed E-state index contributed by atoms with van der Waals surface area (Å²) in [5.41, 5.74) is -0.390. The lowest BCUT2D eigenvalue weighted by Gasteiger charge is -2.12. The topological polar surface area (TPSA) is 200 Å². The van der Waals surface area contributed by atoms with E-state index in [2.05, 4.69) is 10.6 Å². The van der Waals surface area contributed by atoms with Gasteiger partial charge in [-0.05, 0) is 42.5 Å². The number of aromatic carboxylic acids is 1. The molecule has 0 aliphatic heterocycles. The summed E-state index contributed by atoms with van der Waals surface area (Å²) in [5.74, 6) is -2.20. The number of carboxylic acid groups (broad SMARTS) is 1. The highest BCUT2D eigenvalue weighted by atomic mass is 16.6. The predicted molar refractivity (Wildman–Crippen MR) is 128 cm³/mol. The van der Waals surface area contributed by atoms with Crippen LogP contribution in [0.3, 0.4) is 0 Å². The first kappa shape index (κ1) is 26.1. The van der Waals surface area contributed by atoms with Crippen molar-refractivity contribution in [2.24, 2.45) is 0 Å².